The third kappa shape index (κ3) is 6.59. The van der Waals surface area contributed by atoms with Crippen LogP contribution in [-0.4, -0.2) is 54.4 Å². The average molecular weight is 343 g/mol. The van der Waals surface area contributed by atoms with E-state index in [1.54, 1.807) is 32.9 Å². The van der Waals surface area contributed by atoms with Crippen LogP contribution in [0.3, 0.4) is 0 Å². The summed E-state index contributed by atoms with van der Waals surface area (Å²) in [7, 11) is -5.31. The van der Waals surface area contributed by atoms with Crippen molar-refractivity contribution in [2.45, 2.75) is 32.8 Å². The molecule has 0 saturated heterocycles. The lowest BCUT2D eigenvalue weighted by atomic mass is 9.80. The molecule has 2 N–H and O–H groups in total. The van der Waals surface area contributed by atoms with Gasteiger partial charge in [-0.3, -0.25) is 0 Å². The molecule has 23 heavy (non-hydrogen) atoms. The fourth-order valence-electron chi connectivity index (χ4n) is 1.79. The predicted molar refractivity (Wildman–Crippen MR) is 87.8 cm³/mol. The van der Waals surface area contributed by atoms with Crippen LogP contribution in [0.15, 0.2) is 24.3 Å². The van der Waals surface area contributed by atoms with Crippen molar-refractivity contribution in [3.05, 3.63) is 29.8 Å². The van der Waals surface area contributed by atoms with E-state index >= 15 is 0 Å². The molecule has 0 unspecified atom stereocenters. The molecular formula is C14H22BNO6S. The molecule has 0 radical (unpaired) electrons. The Kier molecular flexibility index (Phi) is 6.21. The third-order valence-corrected chi connectivity index (χ3v) is 4.01. The molecule has 1 amide bonds. The van der Waals surface area contributed by atoms with Crippen molar-refractivity contribution < 1.29 is 28.0 Å². The van der Waals surface area contributed by atoms with Gasteiger partial charge in [0.1, 0.15) is 5.60 Å². The first-order chi connectivity index (χ1) is 10.4. The van der Waals surface area contributed by atoms with E-state index in [4.69, 9.17) is 14.8 Å². The van der Waals surface area contributed by atoms with Crippen molar-refractivity contribution >= 4 is 28.7 Å². The van der Waals surface area contributed by atoms with Crippen molar-refractivity contribution in [3.63, 3.8) is 0 Å². The van der Waals surface area contributed by atoms with Gasteiger partial charge < -0.3 is 14.8 Å². The van der Waals surface area contributed by atoms with Crippen LogP contribution < -0.4 is 5.46 Å². The van der Waals surface area contributed by atoms with Crippen LogP contribution in [0.25, 0.3) is 0 Å². The largest absolute Gasteiger partial charge is 0.488 e. The van der Waals surface area contributed by atoms with E-state index in [0.29, 0.717) is 9.77 Å². The molecule has 0 bridgehead atoms. The summed E-state index contributed by atoms with van der Waals surface area (Å²) in [5, 5.41) is 18.1. The van der Waals surface area contributed by atoms with E-state index in [1.807, 2.05) is 0 Å². The standard InChI is InChI=1S/C14H22BNO6S/c1-14(2,3)22-13(17)16(23(4,20)21)10-9-11-5-7-12(8-6-11)15(18)19/h5-8,18-19H,9-10H2,1-4H3. The maximum Gasteiger partial charge on any atom is 0.488 e. The number of nitrogens with zero attached hydrogens (tertiary/aromatic N) is 1. The first-order valence-electron chi connectivity index (χ1n) is 7.06. The Balaban J connectivity index is 2.81. The highest BCUT2D eigenvalue weighted by Gasteiger charge is 2.28. The molecule has 128 valence electrons. The zero-order chi connectivity index (χ0) is 17.8. The van der Waals surface area contributed by atoms with E-state index in [-0.39, 0.29) is 13.0 Å². The van der Waals surface area contributed by atoms with Crippen LogP contribution in [0, 0.1) is 0 Å². The van der Waals surface area contributed by atoms with Gasteiger partial charge >= 0.3 is 13.2 Å². The van der Waals surface area contributed by atoms with Gasteiger partial charge in [-0.2, -0.15) is 0 Å². The molecule has 0 aliphatic rings. The Hall–Kier alpha value is -1.58. The molecule has 0 atom stereocenters. The minimum absolute atomic E-state index is 0.0607. The summed E-state index contributed by atoms with van der Waals surface area (Å²) in [6.45, 7) is 4.91. The molecule has 1 aromatic rings. The number of rotatable bonds is 5. The van der Waals surface area contributed by atoms with Crippen molar-refractivity contribution in [2.24, 2.45) is 0 Å². The first-order valence-corrected chi connectivity index (χ1v) is 8.90. The van der Waals surface area contributed by atoms with E-state index < -0.39 is 28.8 Å². The topological polar surface area (TPSA) is 104 Å². The van der Waals surface area contributed by atoms with E-state index in [1.165, 1.54) is 12.1 Å². The minimum Gasteiger partial charge on any atom is -0.443 e. The van der Waals surface area contributed by atoms with Gasteiger partial charge in [0.2, 0.25) is 10.0 Å². The number of carbonyl (C=O) groups excluding carboxylic acids is 1. The number of carbonyl (C=O) groups is 1. The van der Waals surface area contributed by atoms with Crippen molar-refractivity contribution in [2.75, 3.05) is 12.8 Å². The Morgan fingerprint density at radius 2 is 1.74 bits per heavy atom. The monoisotopic (exact) mass is 343 g/mol. The summed E-state index contributed by atoms with van der Waals surface area (Å²) in [4.78, 5) is 12.0. The summed E-state index contributed by atoms with van der Waals surface area (Å²) in [6, 6.07) is 6.34. The quantitative estimate of drug-likeness (QED) is 0.735. The minimum atomic E-state index is -3.75. The summed E-state index contributed by atoms with van der Waals surface area (Å²) in [6.07, 6.45) is 0.318. The summed E-state index contributed by atoms with van der Waals surface area (Å²) in [5.41, 5.74) is 0.298. The van der Waals surface area contributed by atoms with Crippen LogP contribution in [0.5, 0.6) is 0 Å². The molecule has 0 spiro atoms. The Morgan fingerprint density at radius 3 is 2.13 bits per heavy atom. The molecule has 0 fully saturated rings. The average Bonchev–Trinajstić information content (AvgIpc) is 2.35. The number of amides is 1. The molecule has 1 aromatic carbocycles. The Labute approximate surface area is 137 Å². The fourth-order valence-corrected chi connectivity index (χ4v) is 2.52. The van der Waals surface area contributed by atoms with Crippen LogP contribution in [0.2, 0.25) is 0 Å². The van der Waals surface area contributed by atoms with Crippen LogP contribution in [0.1, 0.15) is 26.3 Å². The molecular weight excluding hydrogens is 321 g/mol. The second-order valence-electron chi connectivity index (χ2n) is 6.18. The molecule has 0 aliphatic heterocycles. The second kappa shape index (κ2) is 7.33. The smallest absolute Gasteiger partial charge is 0.443 e. The zero-order valence-electron chi connectivity index (χ0n) is 13.7. The lowest BCUT2D eigenvalue weighted by Gasteiger charge is -2.25. The van der Waals surface area contributed by atoms with Gasteiger partial charge in [-0.1, -0.05) is 24.3 Å². The summed E-state index contributed by atoms with van der Waals surface area (Å²) >= 11 is 0. The highest BCUT2D eigenvalue weighted by atomic mass is 32.2. The highest BCUT2D eigenvalue weighted by molar-refractivity contribution is 7.88. The number of ether oxygens (including phenoxy) is 1. The summed E-state index contributed by atoms with van der Waals surface area (Å²) in [5.74, 6) is 0. The maximum atomic E-state index is 12.0. The van der Waals surface area contributed by atoms with Crippen molar-refractivity contribution in [1.29, 1.82) is 0 Å². The molecule has 1 rings (SSSR count). The second-order valence-corrected chi connectivity index (χ2v) is 8.09. The summed E-state index contributed by atoms with van der Waals surface area (Å²) < 4.78 is 29.4. The SMILES string of the molecule is CC(C)(C)OC(=O)N(CCc1ccc(B(O)O)cc1)S(C)(=O)=O. The van der Waals surface area contributed by atoms with E-state index in [9.17, 15) is 13.2 Å². The van der Waals surface area contributed by atoms with Crippen LogP contribution in [-0.2, 0) is 21.2 Å². The third-order valence-electron chi connectivity index (χ3n) is 2.88. The molecule has 0 aromatic heterocycles. The van der Waals surface area contributed by atoms with Crippen LogP contribution >= 0.6 is 0 Å². The Morgan fingerprint density at radius 1 is 1.22 bits per heavy atom. The van der Waals surface area contributed by atoms with Gasteiger partial charge in [0.05, 0.1) is 6.26 Å². The number of benzene rings is 1. The molecule has 0 aliphatic carbocycles. The fraction of sp³-hybridized carbons (Fsp3) is 0.500. The lowest BCUT2D eigenvalue weighted by molar-refractivity contribution is 0.0393. The highest BCUT2D eigenvalue weighted by Crippen LogP contribution is 2.13. The normalized spacial score (nSPS) is 11.9. The predicted octanol–water partition coefficient (Wildman–Crippen LogP) is 0.106. The first kappa shape index (κ1) is 19.5. The molecule has 0 saturated carbocycles. The number of hydrogen-bond donors (Lipinski definition) is 2. The molecule has 0 heterocycles. The van der Waals surface area contributed by atoms with Gasteiger partial charge in [0, 0.05) is 6.54 Å². The van der Waals surface area contributed by atoms with Gasteiger partial charge in [0.25, 0.3) is 0 Å². The van der Waals surface area contributed by atoms with Gasteiger partial charge in [-0.15, -0.1) is 0 Å². The Bertz CT molecular complexity index is 636. The van der Waals surface area contributed by atoms with Crippen molar-refractivity contribution in [1.82, 2.24) is 4.31 Å². The van der Waals surface area contributed by atoms with Gasteiger partial charge in [0.15, 0.2) is 0 Å². The zero-order valence-corrected chi connectivity index (χ0v) is 14.5. The maximum absolute atomic E-state index is 12.0. The van der Waals surface area contributed by atoms with E-state index in [2.05, 4.69) is 0 Å². The molecule has 9 heteroatoms. The number of hydrogen-bond acceptors (Lipinski definition) is 6. The molecule has 7 nitrogen and oxygen atoms in total. The van der Waals surface area contributed by atoms with Gasteiger partial charge in [-0.25, -0.2) is 17.5 Å². The van der Waals surface area contributed by atoms with E-state index in [0.717, 1.165) is 11.8 Å². The van der Waals surface area contributed by atoms with Gasteiger partial charge in [-0.05, 0) is 38.2 Å². The lowest BCUT2D eigenvalue weighted by Crippen LogP contribution is -2.41. The van der Waals surface area contributed by atoms with Crippen LogP contribution in [0.4, 0.5) is 4.79 Å². The number of sulfonamides is 1. The van der Waals surface area contributed by atoms with Crippen molar-refractivity contribution in [3.8, 4) is 0 Å².